The maximum atomic E-state index is 13.7. The smallest absolute Gasteiger partial charge is 0.243 e. The van der Waals surface area contributed by atoms with Gasteiger partial charge >= 0.3 is 0 Å². The van der Waals surface area contributed by atoms with Gasteiger partial charge in [0.05, 0.1) is 0 Å². The average Bonchev–Trinajstić information content (AvgIpc) is 2.83. The lowest BCUT2D eigenvalue weighted by atomic mass is 9.99. The molecule has 0 radical (unpaired) electrons. The molecule has 0 aromatic heterocycles. The van der Waals surface area contributed by atoms with E-state index >= 15 is 0 Å². The molecule has 0 saturated carbocycles. The molecule has 2 amide bonds. The van der Waals surface area contributed by atoms with Gasteiger partial charge in [0.25, 0.3) is 0 Å². The molecule has 3 aromatic carbocycles. The second-order valence-electron chi connectivity index (χ2n) is 9.95. The number of rotatable bonds is 10. The number of amides is 2. The van der Waals surface area contributed by atoms with Crippen molar-refractivity contribution in [2.45, 2.75) is 63.6 Å². The Morgan fingerprint density at radius 2 is 1.58 bits per heavy atom. The molecule has 0 bridgehead atoms. The minimum absolute atomic E-state index is 0.0373. The van der Waals surface area contributed by atoms with Gasteiger partial charge in [0, 0.05) is 40.6 Å². The second-order valence-corrected chi connectivity index (χ2v) is 11.6. The SMILES string of the molecule is Cc1ccccc1CN(C(=O)CCSc1ccc(Cl)cc1)[C@@H](Cc1ccccc1)C(=O)NC(C)(C)C. The van der Waals surface area contributed by atoms with Crippen molar-refractivity contribution in [3.05, 3.63) is 101 Å². The summed E-state index contributed by atoms with van der Waals surface area (Å²) in [5, 5.41) is 3.80. The summed E-state index contributed by atoms with van der Waals surface area (Å²) in [6.07, 6.45) is 0.776. The number of carbonyl (C=O) groups excluding carboxylic acids is 2. The standard InChI is InChI=1S/C30H35ClN2O2S/c1-22-10-8-9-13-24(22)21-33(28(34)18-19-36-26-16-14-25(31)15-17-26)27(29(35)32-30(2,3)4)20-23-11-6-5-7-12-23/h5-17,27H,18-21H2,1-4H3,(H,32,35)/t27-/m0/s1. The van der Waals surface area contributed by atoms with Crippen LogP contribution in [0.15, 0.2) is 83.8 Å². The molecule has 0 spiro atoms. The highest BCUT2D eigenvalue weighted by Crippen LogP contribution is 2.23. The average molecular weight is 523 g/mol. The third kappa shape index (κ3) is 8.72. The zero-order valence-electron chi connectivity index (χ0n) is 21.5. The summed E-state index contributed by atoms with van der Waals surface area (Å²) in [7, 11) is 0. The van der Waals surface area contributed by atoms with E-state index in [1.807, 2.05) is 107 Å². The van der Waals surface area contributed by atoms with Gasteiger partial charge < -0.3 is 10.2 Å². The Labute approximate surface area is 224 Å². The first-order chi connectivity index (χ1) is 17.1. The summed E-state index contributed by atoms with van der Waals surface area (Å²) >= 11 is 7.61. The number of nitrogens with zero attached hydrogens (tertiary/aromatic N) is 1. The van der Waals surface area contributed by atoms with E-state index < -0.39 is 11.6 Å². The fourth-order valence-electron chi connectivity index (χ4n) is 3.91. The van der Waals surface area contributed by atoms with E-state index in [0.717, 1.165) is 21.6 Å². The monoisotopic (exact) mass is 522 g/mol. The van der Waals surface area contributed by atoms with Crippen LogP contribution in [0.2, 0.25) is 5.02 Å². The molecule has 0 fully saturated rings. The van der Waals surface area contributed by atoms with E-state index in [1.165, 1.54) is 0 Å². The molecule has 0 saturated heterocycles. The van der Waals surface area contributed by atoms with Gasteiger partial charge in [-0.3, -0.25) is 9.59 Å². The molecule has 3 rings (SSSR count). The predicted octanol–water partition coefficient (Wildman–Crippen LogP) is 6.69. The van der Waals surface area contributed by atoms with Crippen molar-refractivity contribution >= 4 is 35.2 Å². The van der Waals surface area contributed by atoms with E-state index in [4.69, 9.17) is 11.6 Å². The topological polar surface area (TPSA) is 49.4 Å². The summed E-state index contributed by atoms with van der Waals surface area (Å²) in [4.78, 5) is 30.1. The van der Waals surface area contributed by atoms with Crippen LogP contribution >= 0.6 is 23.4 Å². The Bertz CT molecular complexity index is 1140. The summed E-state index contributed by atoms with van der Waals surface area (Å²) in [6, 6.07) is 24.9. The van der Waals surface area contributed by atoms with Crippen LogP contribution in [-0.2, 0) is 22.6 Å². The highest BCUT2D eigenvalue weighted by molar-refractivity contribution is 7.99. The van der Waals surface area contributed by atoms with Gasteiger partial charge in [0.1, 0.15) is 6.04 Å². The highest BCUT2D eigenvalue weighted by atomic mass is 35.5. The minimum Gasteiger partial charge on any atom is -0.350 e. The minimum atomic E-state index is -0.626. The van der Waals surface area contributed by atoms with Crippen molar-refractivity contribution in [1.29, 1.82) is 0 Å². The van der Waals surface area contributed by atoms with Crippen molar-refractivity contribution in [2.75, 3.05) is 5.75 Å². The Kier molecular flexibility index (Phi) is 10.0. The lowest BCUT2D eigenvalue weighted by Crippen LogP contribution is -2.54. The van der Waals surface area contributed by atoms with E-state index in [9.17, 15) is 9.59 Å². The Balaban J connectivity index is 1.87. The first-order valence-electron chi connectivity index (χ1n) is 12.2. The van der Waals surface area contributed by atoms with Gasteiger partial charge in [-0.1, -0.05) is 66.2 Å². The quantitative estimate of drug-likeness (QED) is 0.302. The number of hydrogen-bond acceptors (Lipinski definition) is 3. The molecule has 0 aliphatic carbocycles. The van der Waals surface area contributed by atoms with Gasteiger partial charge in [-0.15, -0.1) is 11.8 Å². The van der Waals surface area contributed by atoms with Crippen molar-refractivity contribution < 1.29 is 9.59 Å². The fourth-order valence-corrected chi connectivity index (χ4v) is 4.88. The largest absolute Gasteiger partial charge is 0.350 e. The van der Waals surface area contributed by atoms with Gasteiger partial charge in [0.15, 0.2) is 0 Å². The van der Waals surface area contributed by atoms with E-state index in [0.29, 0.717) is 30.2 Å². The van der Waals surface area contributed by atoms with Crippen LogP contribution in [0.1, 0.15) is 43.9 Å². The molecule has 0 aliphatic rings. The predicted molar refractivity (Wildman–Crippen MR) is 150 cm³/mol. The molecule has 36 heavy (non-hydrogen) atoms. The van der Waals surface area contributed by atoms with Crippen molar-refractivity contribution in [3.63, 3.8) is 0 Å². The van der Waals surface area contributed by atoms with Crippen LogP contribution < -0.4 is 5.32 Å². The molecule has 0 aliphatic heterocycles. The lowest BCUT2D eigenvalue weighted by molar-refractivity contribution is -0.141. The third-order valence-electron chi connectivity index (χ3n) is 5.77. The molecule has 3 aromatic rings. The molecular weight excluding hydrogens is 488 g/mol. The summed E-state index contributed by atoms with van der Waals surface area (Å²) in [5.41, 5.74) is 2.75. The number of thioether (sulfide) groups is 1. The first-order valence-corrected chi connectivity index (χ1v) is 13.6. The fraction of sp³-hybridized carbons (Fsp3) is 0.333. The van der Waals surface area contributed by atoms with Crippen LogP contribution in [0, 0.1) is 6.92 Å². The first kappa shape index (κ1) is 27.8. The van der Waals surface area contributed by atoms with Crippen LogP contribution in [0.5, 0.6) is 0 Å². The highest BCUT2D eigenvalue weighted by Gasteiger charge is 2.32. The number of nitrogens with one attached hydrogen (secondary N) is 1. The lowest BCUT2D eigenvalue weighted by Gasteiger charge is -2.34. The molecule has 0 unspecified atom stereocenters. The Morgan fingerprint density at radius 1 is 0.944 bits per heavy atom. The molecule has 0 heterocycles. The van der Waals surface area contributed by atoms with Gasteiger partial charge in [-0.2, -0.15) is 0 Å². The number of hydrogen-bond donors (Lipinski definition) is 1. The molecule has 4 nitrogen and oxygen atoms in total. The molecule has 1 atom stereocenters. The van der Waals surface area contributed by atoms with E-state index in [-0.39, 0.29) is 11.8 Å². The molecule has 6 heteroatoms. The zero-order chi connectivity index (χ0) is 26.1. The molecular formula is C30H35ClN2O2S. The van der Waals surface area contributed by atoms with Gasteiger partial charge in [-0.05, 0) is 68.7 Å². The number of aryl methyl sites for hydroxylation is 1. The summed E-state index contributed by atoms with van der Waals surface area (Å²) in [5.74, 6) is 0.437. The number of halogens is 1. The normalized spacial score (nSPS) is 12.1. The van der Waals surface area contributed by atoms with E-state index in [1.54, 1.807) is 16.7 Å². The van der Waals surface area contributed by atoms with Gasteiger partial charge in [0.2, 0.25) is 11.8 Å². The van der Waals surface area contributed by atoms with Crippen LogP contribution in [0.3, 0.4) is 0 Å². The maximum absolute atomic E-state index is 13.7. The van der Waals surface area contributed by atoms with Crippen LogP contribution in [0.4, 0.5) is 0 Å². The zero-order valence-corrected chi connectivity index (χ0v) is 23.0. The third-order valence-corrected chi connectivity index (χ3v) is 7.04. The number of benzene rings is 3. The van der Waals surface area contributed by atoms with Crippen molar-refractivity contribution in [2.24, 2.45) is 0 Å². The summed E-state index contributed by atoms with van der Waals surface area (Å²) < 4.78 is 0. The second kappa shape index (κ2) is 13.0. The van der Waals surface area contributed by atoms with Crippen molar-refractivity contribution in [3.8, 4) is 0 Å². The van der Waals surface area contributed by atoms with Crippen LogP contribution in [-0.4, -0.2) is 34.0 Å². The van der Waals surface area contributed by atoms with Crippen molar-refractivity contribution in [1.82, 2.24) is 10.2 Å². The maximum Gasteiger partial charge on any atom is 0.243 e. The van der Waals surface area contributed by atoms with E-state index in [2.05, 4.69) is 5.32 Å². The van der Waals surface area contributed by atoms with Crippen LogP contribution in [0.25, 0.3) is 0 Å². The Morgan fingerprint density at radius 3 is 2.22 bits per heavy atom. The number of carbonyl (C=O) groups is 2. The molecule has 1 N–H and O–H groups in total. The Hall–Kier alpha value is -2.76. The molecule has 190 valence electrons. The van der Waals surface area contributed by atoms with Gasteiger partial charge in [-0.25, -0.2) is 0 Å². The summed E-state index contributed by atoms with van der Waals surface area (Å²) in [6.45, 7) is 8.30.